The number of halogens is 1. The maximum atomic E-state index is 11.8. The lowest BCUT2D eigenvalue weighted by Crippen LogP contribution is -2.06. The van der Waals surface area contributed by atoms with E-state index in [-0.39, 0.29) is 10.9 Å². The molecule has 2 aromatic rings. The molecule has 110 valence electrons. The molecule has 0 amide bonds. The Labute approximate surface area is 129 Å². The first kappa shape index (κ1) is 15.5. The molecule has 0 aliphatic heterocycles. The summed E-state index contributed by atoms with van der Waals surface area (Å²) in [5, 5.41) is 3.48. The summed E-state index contributed by atoms with van der Waals surface area (Å²) in [4.78, 5) is 0. The lowest BCUT2D eigenvalue weighted by molar-refractivity contribution is 0.339. The second kappa shape index (κ2) is 6.74. The molecule has 0 bridgehead atoms. The molecule has 0 saturated carbocycles. The summed E-state index contributed by atoms with van der Waals surface area (Å²) in [5.41, 5.74) is 2.29. The van der Waals surface area contributed by atoms with Gasteiger partial charge < -0.3 is 0 Å². The van der Waals surface area contributed by atoms with Gasteiger partial charge in [-0.25, -0.2) is 0 Å². The monoisotopic (exact) mass is 323 g/mol. The van der Waals surface area contributed by atoms with Gasteiger partial charge in [0.1, 0.15) is 5.75 Å². The van der Waals surface area contributed by atoms with E-state index in [1.807, 2.05) is 25.1 Å². The number of nitrogens with zero attached hydrogens (tertiary/aromatic N) is 1. The zero-order chi connectivity index (χ0) is 15.3. The highest BCUT2D eigenvalue weighted by Crippen LogP contribution is 2.11. The van der Waals surface area contributed by atoms with Gasteiger partial charge in [-0.05, 0) is 12.5 Å². The van der Waals surface area contributed by atoms with Crippen LogP contribution in [0.5, 0.6) is 0 Å². The van der Waals surface area contributed by atoms with Gasteiger partial charge in [0, 0.05) is 5.56 Å². The van der Waals surface area contributed by atoms with Crippen molar-refractivity contribution in [2.75, 3.05) is 0 Å². The highest BCUT2D eigenvalue weighted by molar-refractivity contribution is 7.85. The average Bonchev–Trinajstić information content (AvgIpc) is 2.46. The van der Waals surface area contributed by atoms with E-state index in [0.717, 1.165) is 5.56 Å². The molecule has 2 aromatic carbocycles. The fraction of sp³-hybridized carbons (Fsp3) is 0.133. The van der Waals surface area contributed by atoms with E-state index in [1.165, 1.54) is 0 Å². The van der Waals surface area contributed by atoms with Gasteiger partial charge in [0.15, 0.2) is 5.17 Å². The van der Waals surface area contributed by atoms with Crippen molar-refractivity contribution in [2.45, 2.75) is 12.7 Å². The molecule has 4 nitrogen and oxygen atoms in total. The summed E-state index contributed by atoms with van der Waals surface area (Å²) in [6.07, 6.45) is 0. The first-order valence-electron chi connectivity index (χ1n) is 6.22. The smallest absolute Gasteiger partial charge is 0.267 e. The normalized spacial score (nSPS) is 12.2. The van der Waals surface area contributed by atoms with Gasteiger partial charge in [-0.1, -0.05) is 76.9 Å². The van der Waals surface area contributed by atoms with Gasteiger partial charge in [0.25, 0.3) is 0 Å². The van der Waals surface area contributed by atoms with Crippen LogP contribution in [0.4, 0.5) is 0 Å². The summed E-state index contributed by atoms with van der Waals surface area (Å²) >= 11 is 5.93. The van der Waals surface area contributed by atoms with Crippen molar-refractivity contribution in [3.8, 4) is 0 Å². The number of hydrogen-bond acceptors (Lipinski definition) is 4. The van der Waals surface area contributed by atoms with Crippen molar-refractivity contribution in [3.05, 3.63) is 71.3 Å². The van der Waals surface area contributed by atoms with Crippen LogP contribution < -0.4 is 0 Å². The third-order valence-electron chi connectivity index (χ3n) is 2.71. The highest BCUT2D eigenvalue weighted by atomic mass is 35.5. The van der Waals surface area contributed by atoms with E-state index >= 15 is 0 Å². The van der Waals surface area contributed by atoms with E-state index in [1.54, 1.807) is 36.4 Å². The number of oxime groups is 1. The van der Waals surface area contributed by atoms with Gasteiger partial charge in [-0.2, -0.15) is 8.42 Å². The molecule has 0 aliphatic carbocycles. The standard InChI is InChI=1S/C15H14ClNO3S/c1-12-7-9-14(10-8-12)15(16)17-20-21(18,19)11-13-5-3-2-4-6-13/h2-10H,11H2,1H3/b17-15-. The topological polar surface area (TPSA) is 55.7 Å². The third-order valence-corrected chi connectivity index (χ3v) is 3.98. The highest BCUT2D eigenvalue weighted by Gasteiger charge is 2.13. The minimum absolute atomic E-state index is 0.00774. The lowest BCUT2D eigenvalue weighted by Gasteiger charge is -2.03. The third kappa shape index (κ3) is 4.88. The summed E-state index contributed by atoms with van der Waals surface area (Å²) in [5.74, 6) is -0.255. The molecular weight excluding hydrogens is 310 g/mol. The average molecular weight is 324 g/mol. The molecule has 0 spiro atoms. The van der Waals surface area contributed by atoms with Crippen molar-refractivity contribution in [3.63, 3.8) is 0 Å². The second-order valence-corrected chi connectivity index (χ2v) is 6.42. The summed E-state index contributed by atoms with van der Waals surface area (Å²) in [6.45, 7) is 1.94. The van der Waals surface area contributed by atoms with Crippen LogP contribution in [-0.2, 0) is 20.2 Å². The van der Waals surface area contributed by atoms with Gasteiger partial charge in [-0.15, -0.1) is 0 Å². The summed E-state index contributed by atoms with van der Waals surface area (Å²) in [6, 6.07) is 15.9. The number of rotatable bonds is 5. The van der Waals surface area contributed by atoms with Gasteiger partial charge in [0.2, 0.25) is 0 Å². The predicted octanol–water partition coefficient (Wildman–Crippen LogP) is 3.44. The Morgan fingerprint density at radius 1 is 1.10 bits per heavy atom. The van der Waals surface area contributed by atoms with Gasteiger partial charge in [-0.3, -0.25) is 4.28 Å². The van der Waals surface area contributed by atoms with Crippen molar-refractivity contribution < 1.29 is 12.7 Å². The molecule has 0 N–H and O–H groups in total. The number of aryl methyl sites for hydroxylation is 1. The van der Waals surface area contributed by atoms with E-state index < -0.39 is 10.1 Å². The zero-order valence-corrected chi connectivity index (χ0v) is 12.9. The molecular formula is C15H14ClNO3S. The second-order valence-electron chi connectivity index (χ2n) is 4.51. The molecule has 0 heterocycles. The number of hydrogen-bond donors (Lipinski definition) is 0. The van der Waals surface area contributed by atoms with E-state index in [2.05, 4.69) is 9.44 Å². The first-order chi connectivity index (χ1) is 9.96. The zero-order valence-electron chi connectivity index (χ0n) is 11.4. The van der Waals surface area contributed by atoms with E-state index in [9.17, 15) is 8.42 Å². The van der Waals surface area contributed by atoms with Crippen LogP contribution >= 0.6 is 11.6 Å². The predicted molar refractivity (Wildman–Crippen MR) is 83.7 cm³/mol. The first-order valence-corrected chi connectivity index (χ1v) is 8.17. The lowest BCUT2D eigenvalue weighted by atomic mass is 10.2. The fourth-order valence-corrected chi connectivity index (χ4v) is 2.68. The minimum atomic E-state index is -3.82. The van der Waals surface area contributed by atoms with Crippen LogP contribution in [-0.4, -0.2) is 13.6 Å². The quantitative estimate of drug-likeness (QED) is 0.625. The molecule has 0 unspecified atom stereocenters. The number of benzene rings is 2. The molecule has 6 heteroatoms. The van der Waals surface area contributed by atoms with Crippen molar-refractivity contribution in [1.82, 2.24) is 0 Å². The molecule has 0 fully saturated rings. The Morgan fingerprint density at radius 3 is 2.33 bits per heavy atom. The SMILES string of the molecule is Cc1ccc(/C(Cl)=N/OS(=O)(=O)Cc2ccccc2)cc1. The largest absolute Gasteiger partial charge is 0.332 e. The Morgan fingerprint density at radius 2 is 1.71 bits per heavy atom. The Hall–Kier alpha value is -1.85. The van der Waals surface area contributed by atoms with Gasteiger partial charge in [0.05, 0.1) is 0 Å². The van der Waals surface area contributed by atoms with Crippen molar-refractivity contribution in [2.24, 2.45) is 5.16 Å². The molecule has 0 saturated heterocycles. The molecule has 0 aromatic heterocycles. The van der Waals surface area contributed by atoms with Crippen LogP contribution in [0.15, 0.2) is 59.8 Å². The van der Waals surface area contributed by atoms with Crippen LogP contribution in [0.25, 0.3) is 0 Å². The molecule has 0 radical (unpaired) electrons. The van der Waals surface area contributed by atoms with E-state index in [4.69, 9.17) is 11.6 Å². The summed E-state index contributed by atoms with van der Waals surface area (Å²) in [7, 11) is -3.82. The van der Waals surface area contributed by atoms with Crippen LogP contribution in [0.2, 0.25) is 0 Å². The maximum absolute atomic E-state index is 11.8. The van der Waals surface area contributed by atoms with Crippen LogP contribution in [0, 0.1) is 6.92 Å². The minimum Gasteiger partial charge on any atom is -0.267 e. The summed E-state index contributed by atoms with van der Waals surface area (Å²) < 4.78 is 28.2. The Bertz CT molecular complexity index is 725. The Kier molecular flexibility index (Phi) is 4.98. The molecule has 21 heavy (non-hydrogen) atoms. The van der Waals surface area contributed by atoms with Crippen molar-refractivity contribution >= 4 is 26.9 Å². The van der Waals surface area contributed by atoms with Gasteiger partial charge >= 0.3 is 10.1 Å². The van der Waals surface area contributed by atoms with Crippen LogP contribution in [0.1, 0.15) is 16.7 Å². The fourth-order valence-electron chi connectivity index (χ4n) is 1.64. The molecule has 0 aliphatic rings. The Balaban J connectivity index is 2.06. The van der Waals surface area contributed by atoms with Crippen molar-refractivity contribution in [1.29, 1.82) is 0 Å². The maximum Gasteiger partial charge on any atom is 0.332 e. The molecule has 2 rings (SSSR count). The van der Waals surface area contributed by atoms with E-state index in [0.29, 0.717) is 11.1 Å². The molecule has 0 atom stereocenters. The van der Waals surface area contributed by atoms with Crippen LogP contribution in [0.3, 0.4) is 0 Å².